The monoisotopic (exact) mass is 296 g/mol. The molecule has 0 saturated carbocycles. The van der Waals surface area contributed by atoms with E-state index >= 15 is 0 Å². The number of carbonyl (C=O) groups is 2. The summed E-state index contributed by atoms with van der Waals surface area (Å²) in [6.07, 6.45) is 6.44. The molecule has 1 heterocycles. The van der Waals surface area contributed by atoms with Crippen LogP contribution in [0.15, 0.2) is 0 Å². The molecular weight excluding hydrogens is 264 g/mol. The number of piperazine rings is 1. The lowest BCUT2D eigenvalue weighted by Crippen LogP contribution is -2.66. The summed E-state index contributed by atoms with van der Waals surface area (Å²) >= 11 is 0. The number of carbonyl (C=O) groups excluding carboxylic acids is 2. The molecule has 1 N–H and O–H groups in total. The minimum absolute atomic E-state index is 0.0110. The van der Waals surface area contributed by atoms with E-state index in [0.29, 0.717) is 6.42 Å². The number of nitrogens with zero attached hydrogens (tertiary/aromatic N) is 1. The van der Waals surface area contributed by atoms with Crippen LogP contribution >= 0.6 is 0 Å². The fourth-order valence-electron chi connectivity index (χ4n) is 3.16. The van der Waals surface area contributed by atoms with Gasteiger partial charge in [-0.05, 0) is 25.7 Å². The summed E-state index contributed by atoms with van der Waals surface area (Å²) in [5, 5.41) is 2.88. The first kappa shape index (κ1) is 18.0. The highest BCUT2D eigenvalue weighted by Gasteiger charge is 2.42. The summed E-state index contributed by atoms with van der Waals surface area (Å²) in [6.45, 7) is 10.3. The topological polar surface area (TPSA) is 49.4 Å². The van der Waals surface area contributed by atoms with Crippen molar-refractivity contribution in [2.45, 2.75) is 91.3 Å². The van der Waals surface area contributed by atoms with Crippen LogP contribution in [0.1, 0.15) is 73.1 Å². The second-order valence-corrected chi connectivity index (χ2v) is 6.60. The van der Waals surface area contributed by atoms with Crippen molar-refractivity contribution in [1.29, 1.82) is 0 Å². The van der Waals surface area contributed by atoms with Crippen LogP contribution in [0.3, 0.4) is 0 Å². The van der Waals surface area contributed by atoms with Gasteiger partial charge in [0.05, 0.1) is 0 Å². The minimum atomic E-state index is -0.342. The van der Waals surface area contributed by atoms with E-state index in [0.717, 1.165) is 12.8 Å². The Morgan fingerprint density at radius 1 is 1.10 bits per heavy atom. The van der Waals surface area contributed by atoms with Crippen molar-refractivity contribution in [2.75, 3.05) is 0 Å². The van der Waals surface area contributed by atoms with Gasteiger partial charge in [0.15, 0.2) is 0 Å². The van der Waals surface area contributed by atoms with Gasteiger partial charge in [-0.15, -0.1) is 0 Å². The second kappa shape index (κ2) is 8.40. The van der Waals surface area contributed by atoms with Gasteiger partial charge < -0.3 is 10.2 Å². The zero-order valence-corrected chi connectivity index (χ0v) is 14.3. The van der Waals surface area contributed by atoms with Gasteiger partial charge in [-0.2, -0.15) is 0 Å². The van der Waals surface area contributed by atoms with Gasteiger partial charge in [0, 0.05) is 6.04 Å². The molecule has 1 aliphatic rings. The summed E-state index contributed by atoms with van der Waals surface area (Å²) in [5.74, 6) is 0.250. The van der Waals surface area contributed by atoms with E-state index in [4.69, 9.17) is 0 Å². The Hall–Kier alpha value is -1.06. The van der Waals surface area contributed by atoms with E-state index in [1.165, 1.54) is 19.3 Å². The Balaban J connectivity index is 2.79. The van der Waals surface area contributed by atoms with Crippen LogP contribution in [0, 0.1) is 5.92 Å². The molecule has 4 heteroatoms. The van der Waals surface area contributed by atoms with Crippen molar-refractivity contribution in [3.05, 3.63) is 0 Å². The van der Waals surface area contributed by atoms with Crippen LogP contribution in [0.5, 0.6) is 0 Å². The smallest absolute Gasteiger partial charge is 0.246 e. The van der Waals surface area contributed by atoms with Crippen molar-refractivity contribution >= 4 is 11.8 Å². The van der Waals surface area contributed by atoms with E-state index in [1.807, 2.05) is 25.7 Å². The Kier molecular flexibility index (Phi) is 7.20. The van der Waals surface area contributed by atoms with Crippen LogP contribution in [-0.2, 0) is 9.59 Å². The van der Waals surface area contributed by atoms with Crippen molar-refractivity contribution in [3.63, 3.8) is 0 Å². The molecule has 1 saturated heterocycles. The summed E-state index contributed by atoms with van der Waals surface area (Å²) < 4.78 is 0. The minimum Gasteiger partial charge on any atom is -0.343 e. The van der Waals surface area contributed by atoms with Gasteiger partial charge >= 0.3 is 0 Å². The molecule has 0 aromatic heterocycles. The molecule has 21 heavy (non-hydrogen) atoms. The first-order valence-electron chi connectivity index (χ1n) is 8.56. The molecule has 0 aromatic carbocycles. The fourth-order valence-corrected chi connectivity index (χ4v) is 3.16. The van der Waals surface area contributed by atoms with Gasteiger partial charge in [-0.1, -0.05) is 53.4 Å². The SMILES string of the molecule is CCCCCCC(C)N1C(=O)C(CC)NC(=O)C1C(C)C. The maximum Gasteiger partial charge on any atom is 0.246 e. The average Bonchev–Trinajstić information content (AvgIpc) is 2.44. The predicted octanol–water partition coefficient (Wildman–Crippen LogP) is 3.11. The Bertz CT molecular complexity index is 355. The third-order valence-corrected chi connectivity index (χ3v) is 4.43. The van der Waals surface area contributed by atoms with Gasteiger partial charge in [-0.25, -0.2) is 0 Å². The molecule has 0 aromatic rings. The molecule has 0 aliphatic carbocycles. The van der Waals surface area contributed by atoms with Gasteiger partial charge in [0.1, 0.15) is 12.1 Å². The Morgan fingerprint density at radius 2 is 1.76 bits per heavy atom. The highest BCUT2D eigenvalue weighted by Crippen LogP contribution is 2.23. The maximum absolute atomic E-state index is 12.7. The lowest BCUT2D eigenvalue weighted by atomic mass is 9.93. The van der Waals surface area contributed by atoms with Crippen LogP contribution < -0.4 is 5.32 Å². The first-order valence-corrected chi connectivity index (χ1v) is 8.56. The number of unbranched alkanes of at least 4 members (excludes halogenated alkanes) is 3. The molecular formula is C17H32N2O2. The van der Waals surface area contributed by atoms with Crippen LogP contribution in [0.25, 0.3) is 0 Å². The van der Waals surface area contributed by atoms with Crippen LogP contribution in [-0.4, -0.2) is 34.8 Å². The quantitative estimate of drug-likeness (QED) is 0.700. The number of hydrogen-bond donors (Lipinski definition) is 1. The average molecular weight is 296 g/mol. The lowest BCUT2D eigenvalue weighted by Gasteiger charge is -2.44. The summed E-state index contributed by atoms with van der Waals surface area (Å²) in [4.78, 5) is 26.9. The van der Waals surface area contributed by atoms with Crippen molar-refractivity contribution in [1.82, 2.24) is 10.2 Å². The molecule has 0 radical (unpaired) electrons. The van der Waals surface area contributed by atoms with E-state index < -0.39 is 0 Å². The Morgan fingerprint density at radius 3 is 2.29 bits per heavy atom. The summed E-state index contributed by atoms with van der Waals surface area (Å²) in [6, 6.07) is -0.520. The Labute approximate surface area is 129 Å². The first-order chi connectivity index (χ1) is 9.93. The molecule has 0 bridgehead atoms. The molecule has 3 unspecified atom stereocenters. The molecule has 1 rings (SSSR count). The molecule has 122 valence electrons. The number of amides is 2. The van der Waals surface area contributed by atoms with E-state index in [-0.39, 0.29) is 35.9 Å². The predicted molar refractivity (Wildman–Crippen MR) is 85.9 cm³/mol. The normalized spacial score (nSPS) is 24.4. The number of nitrogens with one attached hydrogen (secondary N) is 1. The zero-order chi connectivity index (χ0) is 16.0. The van der Waals surface area contributed by atoms with Gasteiger partial charge in [0.2, 0.25) is 11.8 Å². The number of rotatable bonds is 8. The van der Waals surface area contributed by atoms with Crippen LogP contribution in [0.2, 0.25) is 0 Å². The summed E-state index contributed by atoms with van der Waals surface area (Å²) in [7, 11) is 0. The molecule has 2 amide bonds. The van der Waals surface area contributed by atoms with E-state index in [9.17, 15) is 9.59 Å². The highest BCUT2D eigenvalue weighted by atomic mass is 16.2. The summed E-state index contributed by atoms with van der Waals surface area (Å²) in [5.41, 5.74) is 0. The molecule has 3 atom stereocenters. The molecule has 1 aliphatic heterocycles. The third kappa shape index (κ3) is 4.45. The lowest BCUT2D eigenvalue weighted by molar-refractivity contribution is -0.154. The maximum atomic E-state index is 12.7. The van der Waals surface area contributed by atoms with Crippen molar-refractivity contribution in [2.24, 2.45) is 5.92 Å². The van der Waals surface area contributed by atoms with Gasteiger partial charge in [-0.3, -0.25) is 9.59 Å². The van der Waals surface area contributed by atoms with Crippen molar-refractivity contribution < 1.29 is 9.59 Å². The fraction of sp³-hybridized carbons (Fsp3) is 0.882. The van der Waals surface area contributed by atoms with Crippen LogP contribution in [0.4, 0.5) is 0 Å². The molecule has 1 fully saturated rings. The largest absolute Gasteiger partial charge is 0.343 e. The molecule has 4 nitrogen and oxygen atoms in total. The number of hydrogen-bond acceptors (Lipinski definition) is 2. The standard InChI is InChI=1S/C17H32N2O2/c1-6-8-9-10-11-13(5)19-15(12(3)4)16(20)18-14(7-2)17(19)21/h12-15H,6-11H2,1-5H3,(H,18,20). The van der Waals surface area contributed by atoms with Gasteiger partial charge in [0.25, 0.3) is 0 Å². The third-order valence-electron chi connectivity index (χ3n) is 4.43. The highest BCUT2D eigenvalue weighted by molar-refractivity contribution is 5.97. The van der Waals surface area contributed by atoms with E-state index in [1.54, 1.807) is 0 Å². The zero-order valence-electron chi connectivity index (χ0n) is 14.3. The van der Waals surface area contributed by atoms with E-state index in [2.05, 4.69) is 19.2 Å². The molecule has 0 spiro atoms. The van der Waals surface area contributed by atoms with Crippen molar-refractivity contribution in [3.8, 4) is 0 Å². The second-order valence-electron chi connectivity index (χ2n) is 6.60.